The van der Waals surface area contributed by atoms with Gasteiger partial charge in [-0.25, -0.2) is 4.98 Å². The molecule has 5 nitrogen and oxygen atoms in total. The van der Waals surface area contributed by atoms with E-state index in [9.17, 15) is 4.79 Å². The van der Waals surface area contributed by atoms with Crippen LogP contribution in [0.4, 0.5) is 5.82 Å². The number of carbonyl (C=O) groups excluding carboxylic acids is 1. The SMILES string of the molecule is CC(=O)C(N)CCN(CCCCc1ccc2c(n1)NCCC2)C1CC1. The van der Waals surface area contributed by atoms with E-state index < -0.39 is 0 Å². The van der Waals surface area contributed by atoms with Crippen LogP contribution in [0.3, 0.4) is 0 Å². The standard InChI is InChI=1S/C20H32N4O/c1-15(25)19(21)11-14-24(18-9-10-18)13-3-2-6-17-8-7-16-5-4-12-22-20(16)23-17/h7-8,18-19H,2-6,9-14,21H2,1H3,(H,22,23). The minimum absolute atomic E-state index is 0.0999. The number of unbranched alkanes of at least 4 members (excludes halogenated alkanes) is 1. The third kappa shape index (κ3) is 5.51. The van der Waals surface area contributed by atoms with Crippen LogP contribution in [0.2, 0.25) is 0 Å². The van der Waals surface area contributed by atoms with Gasteiger partial charge in [-0.1, -0.05) is 6.07 Å². The van der Waals surface area contributed by atoms with Gasteiger partial charge in [-0.15, -0.1) is 0 Å². The minimum atomic E-state index is -0.298. The topological polar surface area (TPSA) is 71.2 Å². The number of aromatic nitrogens is 1. The molecule has 3 N–H and O–H groups in total. The zero-order chi connectivity index (χ0) is 17.6. The van der Waals surface area contributed by atoms with Crippen molar-refractivity contribution in [2.24, 2.45) is 5.73 Å². The molecule has 0 saturated heterocycles. The summed E-state index contributed by atoms with van der Waals surface area (Å²) >= 11 is 0. The second-order valence-electron chi connectivity index (χ2n) is 7.57. The Hall–Kier alpha value is -1.46. The number of nitrogens with zero attached hydrogens (tertiary/aromatic N) is 2. The molecule has 1 aromatic heterocycles. The largest absolute Gasteiger partial charge is 0.370 e. The molecule has 1 saturated carbocycles. The monoisotopic (exact) mass is 344 g/mol. The Bertz CT molecular complexity index is 585. The molecule has 1 atom stereocenters. The molecule has 1 aliphatic heterocycles. The maximum Gasteiger partial charge on any atom is 0.146 e. The summed E-state index contributed by atoms with van der Waals surface area (Å²) in [6.07, 6.45) is 9.11. The van der Waals surface area contributed by atoms with Gasteiger partial charge in [-0.05, 0) is 76.5 Å². The van der Waals surface area contributed by atoms with Gasteiger partial charge in [-0.2, -0.15) is 0 Å². The molecule has 1 fully saturated rings. The van der Waals surface area contributed by atoms with Gasteiger partial charge in [0.1, 0.15) is 11.6 Å². The summed E-state index contributed by atoms with van der Waals surface area (Å²) in [7, 11) is 0. The molecule has 0 aromatic carbocycles. The molecule has 2 aliphatic rings. The predicted molar refractivity (Wildman–Crippen MR) is 102 cm³/mol. The van der Waals surface area contributed by atoms with Crippen LogP contribution in [0.5, 0.6) is 0 Å². The molecule has 138 valence electrons. The number of rotatable bonds is 10. The first-order valence-corrected chi connectivity index (χ1v) is 9.86. The zero-order valence-electron chi connectivity index (χ0n) is 15.5. The van der Waals surface area contributed by atoms with Crippen LogP contribution >= 0.6 is 0 Å². The average molecular weight is 345 g/mol. The summed E-state index contributed by atoms with van der Waals surface area (Å²) < 4.78 is 0. The van der Waals surface area contributed by atoms with E-state index in [4.69, 9.17) is 10.7 Å². The van der Waals surface area contributed by atoms with Gasteiger partial charge in [0.05, 0.1) is 6.04 Å². The van der Waals surface area contributed by atoms with Crippen molar-refractivity contribution in [2.75, 3.05) is 25.0 Å². The van der Waals surface area contributed by atoms with Crippen molar-refractivity contribution < 1.29 is 4.79 Å². The lowest BCUT2D eigenvalue weighted by molar-refractivity contribution is -0.118. The number of Topliss-reactive ketones (excluding diaryl/α,β-unsaturated/α-hetero) is 1. The lowest BCUT2D eigenvalue weighted by Gasteiger charge is -2.23. The smallest absolute Gasteiger partial charge is 0.146 e. The van der Waals surface area contributed by atoms with Crippen LogP contribution in [0.15, 0.2) is 12.1 Å². The highest BCUT2D eigenvalue weighted by Gasteiger charge is 2.28. The number of hydrogen-bond donors (Lipinski definition) is 2. The Balaban J connectivity index is 1.39. The van der Waals surface area contributed by atoms with Gasteiger partial charge in [0.25, 0.3) is 0 Å². The molecule has 5 heteroatoms. The van der Waals surface area contributed by atoms with Gasteiger partial charge in [-0.3, -0.25) is 4.79 Å². The molecule has 3 rings (SSSR count). The van der Waals surface area contributed by atoms with Crippen LogP contribution in [0, 0.1) is 0 Å². The first-order valence-electron chi connectivity index (χ1n) is 9.86. The van der Waals surface area contributed by atoms with Crippen molar-refractivity contribution in [1.29, 1.82) is 0 Å². The predicted octanol–water partition coefficient (Wildman–Crippen LogP) is 2.53. The van der Waals surface area contributed by atoms with Crippen LogP contribution < -0.4 is 11.1 Å². The highest BCUT2D eigenvalue weighted by Crippen LogP contribution is 2.27. The third-order valence-corrected chi connectivity index (χ3v) is 5.39. The van der Waals surface area contributed by atoms with E-state index in [2.05, 4.69) is 22.3 Å². The summed E-state index contributed by atoms with van der Waals surface area (Å²) in [4.78, 5) is 18.6. The van der Waals surface area contributed by atoms with E-state index in [1.165, 1.54) is 36.9 Å². The molecule has 25 heavy (non-hydrogen) atoms. The number of aryl methyl sites for hydroxylation is 2. The summed E-state index contributed by atoms with van der Waals surface area (Å²) in [6, 6.07) is 4.86. The number of anilines is 1. The molecule has 1 aromatic rings. The zero-order valence-corrected chi connectivity index (χ0v) is 15.5. The first-order chi connectivity index (χ1) is 12.1. The number of nitrogens with one attached hydrogen (secondary N) is 1. The number of ketones is 1. The van der Waals surface area contributed by atoms with Crippen LogP contribution in [-0.2, 0) is 17.6 Å². The molecule has 0 radical (unpaired) electrons. The fraction of sp³-hybridized carbons (Fsp3) is 0.700. The van der Waals surface area contributed by atoms with E-state index in [0.717, 1.165) is 57.2 Å². The van der Waals surface area contributed by atoms with Crippen molar-refractivity contribution >= 4 is 11.6 Å². The maximum atomic E-state index is 11.3. The number of carbonyl (C=O) groups is 1. The lowest BCUT2D eigenvalue weighted by Crippen LogP contribution is -2.36. The molecular weight excluding hydrogens is 312 g/mol. The second-order valence-corrected chi connectivity index (χ2v) is 7.57. The summed E-state index contributed by atoms with van der Waals surface area (Å²) in [5.74, 6) is 1.20. The first kappa shape index (κ1) is 18.3. The van der Waals surface area contributed by atoms with Crippen molar-refractivity contribution in [3.8, 4) is 0 Å². The van der Waals surface area contributed by atoms with Crippen molar-refractivity contribution in [1.82, 2.24) is 9.88 Å². The summed E-state index contributed by atoms with van der Waals surface area (Å²) in [6.45, 7) is 4.69. The lowest BCUT2D eigenvalue weighted by atomic mass is 10.1. The van der Waals surface area contributed by atoms with E-state index in [-0.39, 0.29) is 11.8 Å². The number of fused-ring (bicyclic) bond motifs is 1. The van der Waals surface area contributed by atoms with Gasteiger partial charge in [0, 0.05) is 24.8 Å². The average Bonchev–Trinajstić information content (AvgIpc) is 3.45. The summed E-state index contributed by atoms with van der Waals surface area (Å²) in [5, 5.41) is 3.41. The van der Waals surface area contributed by atoms with Gasteiger partial charge < -0.3 is 16.0 Å². The highest BCUT2D eigenvalue weighted by atomic mass is 16.1. The van der Waals surface area contributed by atoms with E-state index in [1.54, 1.807) is 6.92 Å². The van der Waals surface area contributed by atoms with Gasteiger partial charge in [0.15, 0.2) is 0 Å². The Morgan fingerprint density at radius 3 is 2.96 bits per heavy atom. The van der Waals surface area contributed by atoms with Gasteiger partial charge >= 0.3 is 0 Å². The number of nitrogens with two attached hydrogens (primary N) is 1. The van der Waals surface area contributed by atoms with Crippen LogP contribution in [-0.4, -0.2) is 47.4 Å². The second kappa shape index (κ2) is 8.77. The third-order valence-electron chi connectivity index (χ3n) is 5.39. The highest BCUT2D eigenvalue weighted by molar-refractivity contribution is 5.81. The Morgan fingerprint density at radius 1 is 1.36 bits per heavy atom. The fourth-order valence-electron chi connectivity index (χ4n) is 3.55. The number of pyridine rings is 1. The van der Waals surface area contributed by atoms with E-state index in [0.29, 0.717) is 0 Å². The quantitative estimate of drug-likeness (QED) is 0.638. The minimum Gasteiger partial charge on any atom is -0.370 e. The molecule has 0 amide bonds. The van der Waals surface area contributed by atoms with Gasteiger partial charge in [0.2, 0.25) is 0 Å². The normalized spacial score (nSPS) is 17.9. The van der Waals surface area contributed by atoms with Crippen molar-refractivity contribution in [2.45, 2.75) is 70.4 Å². The maximum absolute atomic E-state index is 11.3. The molecule has 1 aliphatic carbocycles. The molecule has 1 unspecified atom stereocenters. The molecular formula is C20H32N4O. The Morgan fingerprint density at radius 2 is 2.20 bits per heavy atom. The van der Waals surface area contributed by atoms with Crippen LogP contribution in [0.25, 0.3) is 0 Å². The fourth-order valence-corrected chi connectivity index (χ4v) is 3.55. The van der Waals surface area contributed by atoms with E-state index in [1.807, 2.05) is 0 Å². The summed E-state index contributed by atoms with van der Waals surface area (Å²) in [5.41, 5.74) is 8.44. The van der Waals surface area contributed by atoms with E-state index >= 15 is 0 Å². The molecule has 0 spiro atoms. The Kier molecular flexibility index (Phi) is 6.43. The number of hydrogen-bond acceptors (Lipinski definition) is 5. The van der Waals surface area contributed by atoms with Crippen LogP contribution in [0.1, 0.15) is 56.7 Å². The molecule has 2 heterocycles. The van der Waals surface area contributed by atoms with Crippen molar-refractivity contribution in [3.63, 3.8) is 0 Å². The molecule has 0 bridgehead atoms. The van der Waals surface area contributed by atoms with Crippen molar-refractivity contribution in [3.05, 3.63) is 23.4 Å². The Labute approximate surface area is 151 Å².